The first kappa shape index (κ1) is 13.0. The van der Waals surface area contributed by atoms with E-state index in [1.54, 1.807) is 7.11 Å². The molecule has 3 nitrogen and oxygen atoms in total. The lowest BCUT2D eigenvalue weighted by atomic mass is 10.1. The first-order valence-corrected chi connectivity index (χ1v) is 6.58. The van der Waals surface area contributed by atoms with Gasteiger partial charge in [0.05, 0.1) is 12.8 Å². The van der Waals surface area contributed by atoms with Crippen LogP contribution in [0.15, 0.2) is 34.9 Å². The summed E-state index contributed by atoms with van der Waals surface area (Å²) in [6.07, 6.45) is 0. The number of rotatable bonds is 3. The molecule has 0 saturated carbocycles. The van der Waals surface area contributed by atoms with Crippen molar-refractivity contribution in [3.8, 4) is 17.0 Å². The molecule has 0 fully saturated rings. The minimum absolute atomic E-state index is 0.305. The summed E-state index contributed by atoms with van der Waals surface area (Å²) < 4.78 is 5.96. The lowest BCUT2D eigenvalue weighted by Gasteiger charge is -2.08. The van der Waals surface area contributed by atoms with Crippen LogP contribution in [-0.4, -0.2) is 17.1 Å². The lowest BCUT2D eigenvalue weighted by molar-refractivity contribution is 0.415. The van der Waals surface area contributed by atoms with E-state index in [9.17, 15) is 0 Å². The van der Waals surface area contributed by atoms with Crippen molar-refractivity contribution in [3.63, 3.8) is 0 Å². The van der Waals surface area contributed by atoms with Crippen LogP contribution in [0.5, 0.6) is 5.75 Å². The van der Waals surface area contributed by atoms with Crippen LogP contribution < -0.4 is 4.74 Å². The zero-order valence-electron chi connectivity index (χ0n) is 10.6. The van der Waals surface area contributed by atoms with E-state index in [-0.39, 0.29) is 0 Å². The van der Waals surface area contributed by atoms with Crippen molar-refractivity contribution in [2.75, 3.05) is 7.11 Å². The van der Waals surface area contributed by atoms with Gasteiger partial charge in [0.25, 0.3) is 0 Å². The smallest absolute Gasteiger partial charge is 0.132 e. The third-order valence-corrected chi connectivity index (χ3v) is 3.02. The molecule has 0 amide bonds. The van der Waals surface area contributed by atoms with Gasteiger partial charge < -0.3 is 4.74 Å². The second-order valence-electron chi connectivity index (χ2n) is 4.32. The Morgan fingerprint density at radius 1 is 1.11 bits per heavy atom. The number of benzene rings is 1. The van der Waals surface area contributed by atoms with Crippen LogP contribution in [0.3, 0.4) is 0 Å². The fraction of sp³-hybridized carbons (Fsp3) is 0.286. The molecule has 0 aliphatic carbocycles. The van der Waals surface area contributed by atoms with Gasteiger partial charge in [0, 0.05) is 11.5 Å². The molecule has 0 saturated heterocycles. The summed E-state index contributed by atoms with van der Waals surface area (Å²) in [5.41, 5.74) is 1.98. The average Bonchev–Trinajstić information content (AvgIpc) is 2.38. The standard InChI is InChI=1S/C14H15BrN2O/c1-9(2)14-16-12(8-13(15)17-14)10-4-6-11(18-3)7-5-10/h4-9H,1-3H3. The van der Waals surface area contributed by atoms with Crippen molar-refractivity contribution < 1.29 is 4.74 Å². The molecule has 1 heterocycles. The first-order valence-electron chi connectivity index (χ1n) is 5.79. The fourth-order valence-corrected chi connectivity index (χ4v) is 2.00. The monoisotopic (exact) mass is 306 g/mol. The molecule has 0 N–H and O–H groups in total. The number of nitrogens with zero attached hydrogens (tertiary/aromatic N) is 2. The molecule has 0 unspecified atom stereocenters. The topological polar surface area (TPSA) is 35.0 Å². The molecule has 0 aliphatic heterocycles. The fourth-order valence-electron chi connectivity index (χ4n) is 1.60. The zero-order valence-corrected chi connectivity index (χ0v) is 12.2. The normalized spacial score (nSPS) is 10.7. The van der Waals surface area contributed by atoms with Gasteiger partial charge in [0.1, 0.15) is 16.2 Å². The van der Waals surface area contributed by atoms with Crippen molar-refractivity contribution in [1.82, 2.24) is 9.97 Å². The van der Waals surface area contributed by atoms with E-state index in [0.29, 0.717) is 5.92 Å². The minimum atomic E-state index is 0.305. The molecule has 0 atom stereocenters. The third kappa shape index (κ3) is 2.88. The molecule has 0 spiro atoms. The highest BCUT2D eigenvalue weighted by molar-refractivity contribution is 9.10. The van der Waals surface area contributed by atoms with Gasteiger partial charge in [0.2, 0.25) is 0 Å². The van der Waals surface area contributed by atoms with E-state index in [1.165, 1.54) is 0 Å². The number of aromatic nitrogens is 2. The molecule has 2 aromatic rings. The molecular formula is C14H15BrN2O. The minimum Gasteiger partial charge on any atom is -0.497 e. The van der Waals surface area contributed by atoms with Crippen molar-refractivity contribution in [3.05, 3.63) is 40.8 Å². The Hall–Kier alpha value is -1.42. The Morgan fingerprint density at radius 2 is 1.78 bits per heavy atom. The summed E-state index contributed by atoms with van der Waals surface area (Å²) in [6.45, 7) is 4.17. The van der Waals surface area contributed by atoms with Crippen LogP contribution in [0.2, 0.25) is 0 Å². The quantitative estimate of drug-likeness (QED) is 0.803. The summed E-state index contributed by atoms with van der Waals surface area (Å²) in [6, 6.07) is 9.78. The van der Waals surface area contributed by atoms with Gasteiger partial charge >= 0.3 is 0 Å². The van der Waals surface area contributed by atoms with Gasteiger partial charge in [-0.05, 0) is 46.3 Å². The van der Waals surface area contributed by atoms with Gasteiger partial charge in [-0.25, -0.2) is 9.97 Å². The van der Waals surface area contributed by atoms with E-state index in [4.69, 9.17) is 4.74 Å². The Kier molecular flexibility index (Phi) is 3.97. The highest BCUT2D eigenvalue weighted by Crippen LogP contribution is 2.24. The maximum atomic E-state index is 5.15. The van der Waals surface area contributed by atoms with Gasteiger partial charge in [-0.2, -0.15) is 0 Å². The highest BCUT2D eigenvalue weighted by atomic mass is 79.9. The van der Waals surface area contributed by atoms with Crippen molar-refractivity contribution >= 4 is 15.9 Å². The van der Waals surface area contributed by atoms with Gasteiger partial charge in [-0.3, -0.25) is 0 Å². The van der Waals surface area contributed by atoms with E-state index in [1.807, 2.05) is 30.3 Å². The van der Waals surface area contributed by atoms with Crippen LogP contribution >= 0.6 is 15.9 Å². The summed E-state index contributed by atoms with van der Waals surface area (Å²) in [4.78, 5) is 8.95. The van der Waals surface area contributed by atoms with Crippen LogP contribution in [0.4, 0.5) is 0 Å². The molecule has 0 radical (unpaired) electrons. The Bertz CT molecular complexity index is 538. The predicted molar refractivity (Wildman–Crippen MR) is 75.8 cm³/mol. The van der Waals surface area contributed by atoms with Crippen LogP contribution in [0.25, 0.3) is 11.3 Å². The van der Waals surface area contributed by atoms with Gasteiger partial charge in [-0.1, -0.05) is 13.8 Å². The predicted octanol–water partition coefficient (Wildman–Crippen LogP) is 4.04. The number of hydrogen-bond donors (Lipinski definition) is 0. The van der Waals surface area contributed by atoms with Crippen LogP contribution in [-0.2, 0) is 0 Å². The van der Waals surface area contributed by atoms with Crippen LogP contribution in [0, 0.1) is 0 Å². The molecule has 0 bridgehead atoms. The van der Waals surface area contributed by atoms with Gasteiger partial charge in [0.15, 0.2) is 0 Å². The average molecular weight is 307 g/mol. The Balaban J connectivity index is 2.42. The second kappa shape index (κ2) is 5.48. The van der Waals surface area contributed by atoms with Crippen LogP contribution in [0.1, 0.15) is 25.6 Å². The Labute approximate surface area is 115 Å². The summed E-state index contributed by atoms with van der Waals surface area (Å²) in [7, 11) is 1.66. The summed E-state index contributed by atoms with van der Waals surface area (Å²) in [5, 5.41) is 0. The zero-order chi connectivity index (χ0) is 13.1. The van der Waals surface area contributed by atoms with Gasteiger partial charge in [-0.15, -0.1) is 0 Å². The molecule has 18 heavy (non-hydrogen) atoms. The third-order valence-electron chi connectivity index (χ3n) is 2.61. The maximum Gasteiger partial charge on any atom is 0.132 e. The van der Waals surface area contributed by atoms with Crippen molar-refractivity contribution in [2.24, 2.45) is 0 Å². The number of halogens is 1. The maximum absolute atomic E-state index is 5.15. The van der Waals surface area contributed by atoms with E-state index < -0.39 is 0 Å². The van der Waals surface area contributed by atoms with Crippen molar-refractivity contribution in [2.45, 2.75) is 19.8 Å². The largest absolute Gasteiger partial charge is 0.497 e. The van der Waals surface area contributed by atoms with E-state index in [0.717, 1.165) is 27.4 Å². The molecule has 2 rings (SSSR count). The number of methoxy groups -OCH3 is 1. The molecule has 1 aromatic carbocycles. The molecule has 4 heteroatoms. The Morgan fingerprint density at radius 3 is 2.33 bits per heavy atom. The molecule has 1 aromatic heterocycles. The van der Waals surface area contributed by atoms with E-state index in [2.05, 4.69) is 39.7 Å². The lowest BCUT2D eigenvalue weighted by Crippen LogP contribution is -1.99. The molecule has 0 aliphatic rings. The second-order valence-corrected chi connectivity index (χ2v) is 5.13. The first-order chi connectivity index (χ1) is 8.60. The number of hydrogen-bond acceptors (Lipinski definition) is 3. The number of ether oxygens (including phenoxy) is 1. The molecule has 94 valence electrons. The van der Waals surface area contributed by atoms with E-state index >= 15 is 0 Å². The molecular weight excluding hydrogens is 292 g/mol. The van der Waals surface area contributed by atoms with Crippen molar-refractivity contribution in [1.29, 1.82) is 0 Å². The highest BCUT2D eigenvalue weighted by Gasteiger charge is 2.08. The summed E-state index contributed by atoms with van der Waals surface area (Å²) >= 11 is 3.43. The summed E-state index contributed by atoms with van der Waals surface area (Å²) in [5.74, 6) is 1.99. The SMILES string of the molecule is COc1ccc(-c2cc(Br)nc(C(C)C)n2)cc1.